The van der Waals surface area contributed by atoms with E-state index in [4.69, 9.17) is 4.74 Å². The fourth-order valence-electron chi connectivity index (χ4n) is 3.67. The number of hydrogen-bond acceptors (Lipinski definition) is 4. The molecule has 1 heterocycles. The Morgan fingerprint density at radius 2 is 1.93 bits per heavy atom. The number of amides is 1. The van der Waals surface area contributed by atoms with Gasteiger partial charge in [-0.1, -0.05) is 19.9 Å². The van der Waals surface area contributed by atoms with Crippen molar-refractivity contribution in [3.63, 3.8) is 0 Å². The summed E-state index contributed by atoms with van der Waals surface area (Å²) in [6.45, 7) is 4.65. The van der Waals surface area contributed by atoms with E-state index in [1.54, 1.807) is 42.5 Å². The van der Waals surface area contributed by atoms with E-state index in [-0.39, 0.29) is 22.1 Å². The van der Waals surface area contributed by atoms with E-state index in [9.17, 15) is 13.2 Å². The third kappa shape index (κ3) is 3.35. The summed E-state index contributed by atoms with van der Waals surface area (Å²) in [6, 6.07) is 11.8. The smallest absolute Gasteiger partial charge is 0.261 e. The number of nitrogens with one attached hydrogen (secondary N) is 1. The number of benzene rings is 2. The quantitative estimate of drug-likeness (QED) is 0.833. The highest BCUT2D eigenvalue weighted by molar-refractivity contribution is 7.92. The lowest BCUT2D eigenvalue weighted by Crippen LogP contribution is -2.34. The fraction of sp³-hybridized carbons (Fsp3) is 0.381. The number of nitrogens with zero attached hydrogens (tertiary/aromatic N) is 1. The van der Waals surface area contributed by atoms with Crippen LogP contribution in [0.4, 0.5) is 11.4 Å². The summed E-state index contributed by atoms with van der Waals surface area (Å²) >= 11 is 0. The minimum Gasteiger partial charge on any atom is -0.497 e. The van der Waals surface area contributed by atoms with Gasteiger partial charge >= 0.3 is 0 Å². The molecule has 0 bridgehead atoms. The van der Waals surface area contributed by atoms with Crippen LogP contribution >= 0.6 is 0 Å². The molecular formula is C21H24N2O4S. The molecule has 0 aromatic heterocycles. The molecule has 1 amide bonds. The van der Waals surface area contributed by atoms with Crippen LogP contribution in [-0.2, 0) is 20.2 Å². The standard InChI is InChI=1S/C21H24N2O4S/c1-21(2)13-23(20(24)14-7-8-14)19-10-9-17(12-18(19)21)28(25,26)22-15-5-4-6-16(11-15)27-3/h4-6,9-12,14,22H,7-8,13H2,1-3H3. The normalized spacial score (nSPS) is 17.9. The summed E-state index contributed by atoms with van der Waals surface area (Å²) in [6.07, 6.45) is 1.89. The third-order valence-electron chi connectivity index (χ3n) is 5.37. The van der Waals surface area contributed by atoms with Crippen molar-refractivity contribution in [1.82, 2.24) is 0 Å². The van der Waals surface area contributed by atoms with Crippen molar-refractivity contribution in [2.45, 2.75) is 37.0 Å². The SMILES string of the molecule is COc1cccc(NS(=O)(=O)c2ccc3c(c2)C(C)(C)CN3C(=O)C2CC2)c1. The van der Waals surface area contributed by atoms with Gasteiger partial charge in [0, 0.05) is 29.6 Å². The maximum Gasteiger partial charge on any atom is 0.261 e. The Kier molecular flexibility index (Phi) is 4.38. The molecule has 0 spiro atoms. The van der Waals surface area contributed by atoms with E-state index >= 15 is 0 Å². The van der Waals surface area contributed by atoms with Gasteiger partial charge < -0.3 is 9.64 Å². The highest BCUT2D eigenvalue weighted by Gasteiger charge is 2.43. The average Bonchev–Trinajstić information content (AvgIpc) is 3.46. The lowest BCUT2D eigenvalue weighted by atomic mass is 9.87. The van der Waals surface area contributed by atoms with Gasteiger partial charge in [-0.15, -0.1) is 0 Å². The van der Waals surface area contributed by atoms with E-state index in [2.05, 4.69) is 4.72 Å². The van der Waals surface area contributed by atoms with E-state index in [1.165, 1.54) is 7.11 Å². The Bertz CT molecular complexity index is 1040. The Balaban J connectivity index is 1.67. The largest absolute Gasteiger partial charge is 0.497 e. The fourth-order valence-corrected chi connectivity index (χ4v) is 4.75. The molecular weight excluding hydrogens is 376 g/mol. The number of methoxy groups -OCH3 is 1. The first-order valence-corrected chi connectivity index (χ1v) is 10.8. The van der Waals surface area contributed by atoms with Gasteiger partial charge in [0.2, 0.25) is 5.91 Å². The monoisotopic (exact) mass is 400 g/mol. The number of sulfonamides is 1. The zero-order chi connectivity index (χ0) is 20.1. The number of carbonyl (C=O) groups excluding carboxylic acids is 1. The minimum atomic E-state index is -3.76. The molecule has 1 aliphatic carbocycles. The van der Waals surface area contributed by atoms with E-state index < -0.39 is 10.0 Å². The Hall–Kier alpha value is -2.54. The molecule has 1 aliphatic heterocycles. The molecule has 1 saturated carbocycles. The van der Waals surface area contributed by atoms with E-state index in [0.29, 0.717) is 18.0 Å². The maximum absolute atomic E-state index is 12.9. The maximum atomic E-state index is 12.9. The summed E-state index contributed by atoms with van der Waals surface area (Å²) in [5.41, 5.74) is 1.84. The van der Waals surface area contributed by atoms with Gasteiger partial charge in [0.05, 0.1) is 17.7 Å². The molecule has 7 heteroatoms. The number of anilines is 2. The van der Waals surface area contributed by atoms with Gasteiger partial charge in [-0.3, -0.25) is 9.52 Å². The minimum absolute atomic E-state index is 0.125. The Morgan fingerprint density at radius 1 is 1.18 bits per heavy atom. The molecule has 0 unspecified atom stereocenters. The van der Waals surface area contributed by atoms with Crippen LogP contribution in [0, 0.1) is 5.92 Å². The van der Waals surface area contributed by atoms with E-state index in [0.717, 1.165) is 24.1 Å². The van der Waals surface area contributed by atoms with Crippen LogP contribution in [0.15, 0.2) is 47.4 Å². The first kappa shape index (κ1) is 18.8. The number of rotatable bonds is 5. The van der Waals surface area contributed by atoms with Gasteiger partial charge in [-0.2, -0.15) is 0 Å². The molecule has 6 nitrogen and oxygen atoms in total. The number of ether oxygens (including phenoxy) is 1. The van der Waals surface area contributed by atoms with Crippen LogP contribution in [0.1, 0.15) is 32.3 Å². The highest BCUT2D eigenvalue weighted by atomic mass is 32.2. The van der Waals surface area contributed by atoms with Crippen molar-refractivity contribution >= 4 is 27.3 Å². The first-order valence-electron chi connectivity index (χ1n) is 9.34. The highest BCUT2D eigenvalue weighted by Crippen LogP contribution is 2.44. The van der Waals surface area contributed by atoms with Crippen LogP contribution in [0.25, 0.3) is 0 Å². The molecule has 28 heavy (non-hydrogen) atoms. The molecule has 2 aliphatic rings. The van der Waals surface area contributed by atoms with Crippen molar-refractivity contribution in [3.8, 4) is 5.75 Å². The second-order valence-corrected chi connectivity index (χ2v) is 9.78. The Morgan fingerprint density at radius 3 is 2.61 bits per heavy atom. The molecule has 4 rings (SSSR count). The molecule has 2 aromatic carbocycles. The molecule has 1 N–H and O–H groups in total. The lowest BCUT2D eigenvalue weighted by molar-refractivity contribution is -0.119. The number of carbonyl (C=O) groups is 1. The number of hydrogen-bond donors (Lipinski definition) is 1. The van der Waals surface area contributed by atoms with Crippen LogP contribution in [0.2, 0.25) is 0 Å². The summed E-state index contributed by atoms with van der Waals surface area (Å²) < 4.78 is 33.6. The Labute approximate surface area is 165 Å². The molecule has 1 fully saturated rings. The van der Waals surface area contributed by atoms with Gasteiger partial charge in [-0.25, -0.2) is 8.42 Å². The topological polar surface area (TPSA) is 75.7 Å². The van der Waals surface area contributed by atoms with E-state index in [1.807, 2.05) is 18.7 Å². The molecule has 0 saturated heterocycles. The molecule has 0 atom stereocenters. The van der Waals surface area contributed by atoms with Crippen molar-refractivity contribution in [2.75, 3.05) is 23.3 Å². The molecule has 0 radical (unpaired) electrons. The van der Waals surface area contributed by atoms with Gasteiger partial charge in [0.1, 0.15) is 5.75 Å². The van der Waals surface area contributed by atoms with Crippen LogP contribution < -0.4 is 14.4 Å². The summed E-state index contributed by atoms with van der Waals surface area (Å²) in [7, 11) is -2.23. The second-order valence-electron chi connectivity index (χ2n) is 8.10. The number of fused-ring (bicyclic) bond motifs is 1. The summed E-state index contributed by atoms with van der Waals surface area (Å²) in [5.74, 6) is 0.848. The molecule has 148 valence electrons. The average molecular weight is 401 g/mol. The van der Waals surface area contributed by atoms with Crippen LogP contribution in [0.3, 0.4) is 0 Å². The zero-order valence-corrected chi connectivity index (χ0v) is 17.0. The van der Waals surface area contributed by atoms with Gasteiger partial charge in [0.15, 0.2) is 0 Å². The summed E-state index contributed by atoms with van der Waals surface area (Å²) in [5, 5.41) is 0. The van der Waals surface area contributed by atoms with Crippen molar-refractivity contribution in [1.29, 1.82) is 0 Å². The molecule has 2 aromatic rings. The second kappa shape index (κ2) is 6.51. The third-order valence-corrected chi connectivity index (χ3v) is 6.75. The summed E-state index contributed by atoms with van der Waals surface area (Å²) in [4.78, 5) is 14.6. The lowest BCUT2D eigenvalue weighted by Gasteiger charge is -2.20. The van der Waals surface area contributed by atoms with Gasteiger partial charge in [-0.05, 0) is 48.7 Å². The van der Waals surface area contributed by atoms with Crippen molar-refractivity contribution < 1.29 is 17.9 Å². The predicted octanol–water partition coefficient (Wildman–Crippen LogP) is 3.53. The first-order chi connectivity index (χ1) is 13.2. The zero-order valence-electron chi connectivity index (χ0n) is 16.2. The van der Waals surface area contributed by atoms with Gasteiger partial charge in [0.25, 0.3) is 10.0 Å². The van der Waals surface area contributed by atoms with Crippen molar-refractivity contribution in [2.24, 2.45) is 5.92 Å². The van der Waals surface area contributed by atoms with Crippen LogP contribution in [-0.4, -0.2) is 28.0 Å². The van der Waals surface area contributed by atoms with Crippen LogP contribution in [0.5, 0.6) is 5.75 Å². The predicted molar refractivity (Wildman–Crippen MR) is 108 cm³/mol. The van der Waals surface area contributed by atoms with Crippen molar-refractivity contribution in [3.05, 3.63) is 48.0 Å².